The van der Waals surface area contributed by atoms with E-state index in [4.69, 9.17) is 0 Å². The zero-order valence-corrected chi connectivity index (χ0v) is 18.4. The molecule has 1 aliphatic rings. The maximum atomic E-state index is 12.5. The number of amides is 2. The number of benzene rings is 2. The fourth-order valence-electron chi connectivity index (χ4n) is 3.70. The molecular weight excluding hydrogens is 376 g/mol. The lowest BCUT2D eigenvalue weighted by Crippen LogP contribution is -2.49. The molecule has 0 bridgehead atoms. The summed E-state index contributed by atoms with van der Waals surface area (Å²) in [4.78, 5) is 29.7. The Bertz CT molecular complexity index is 887. The van der Waals surface area contributed by atoms with Crippen LogP contribution in [0, 0.1) is 20.8 Å². The van der Waals surface area contributed by atoms with Crippen LogP contribution >= 0.6 is 0 Å². The molecule has 1 atom stereocenters. The van der Waals surface area contributed by atoms with Crippen LogP contribution in [0.25, 0.3) is 0 Å². The van der Waals surface area contributed by atoms with Crippen LogP contribution in [0.5, 0.6) is 0 Å². The van der Waals surface area contributed by atoms with Crippen LogP contribution in [0.2, 0.25) is 0 Å². The molecule has 1 aliphatic heterocycles. The number of carbonyl (C=O) groups is 2. The molecule has 1 saturated heterocycles. The summed E-state index contributed by atoms with van der Waals surface area (Å²) < 4.78 is 0. The van der Waals surface area contributed by atoms with E-state index in [1.807, 2.05) is 32.0 Å². The van der Waals surface area contributed by atoms with E-state index in [1.54, 1.807) is 0 Å². The molecule has 0 aromatic heterocycles. The maximum absolute atomic E-state index is 12.5. The zero-order chi connectivity index (χ0) is 21.7. The standard InChI is InChI=1S/C24H32N4O2/c1-17-6-9-20(10-7-17)22(28-13-11-27(4)12-14-28)16-25-23(29)24(30)26-21-15-18(2)5-8-19(21)3/h5-10,15,22H,11-14,16H2,1-4H3,(H,25,29)(H,26,30)/t22-/m1/s1. The summed E-state index contributed by atoms with van der Waals surface area (Å²) in [6.45, 7) is 10.2. The first kappa shape index (κ1) is 22.0. The van der Waals surface area contributed by atoms with Crippen molar-refractivity contribution in [3.63, 3.8) is 0 Å². The normalized spacial score (nSPS) is 16.1. The van der Waals surface area contributed by atoms with Gasteiger partial charge in [0.05, 0.1) is 6.04 Å². The predicted octanol–water partition coefficient (Wildman–Crippen LogP) is 2.66. The molecule has 2 aromatic rings. The van der Waals surface area contributed by atoms with Gasteiger partial charge in [-0.05, 0) is 50.6 Å². The van der Waals surface area contributed by atoms with Crippen molar-refractivity contribution >= 4 is 17.5 Å². The number of hydrogen-bond acceptors (Lipinski definition) is 4. The van der Waals surface area contributed by atoms with Crippen molar-refractivity contribution in [2.75, 3.05) is 45.1 Å². The molecule has 1 heterocycles. The summed E-state index contributed by atoms with van der Waals surface area (Å²) in [7, 11) is 2.12. The first-order chi connectivity index (χ1) is 14.3. The predicted molar refractivity (Wildman–Crippen MR) is 121 cm³/mol. The number of carbonyl (C=O) groups excluding carboxylic acids is 2. The highest BCUT2D eigenvalue weighted by Crippen LogP contribution is 2.22. The Kier molecular flexibility index (Phi) is 7.24. The molecule has 2 N–H and O–H groups in total. The Hall–Kier alpha value is -2.70. The third kappa shape index (κ3) is 5.68. The largest absolute Gasteiger partial charge is 0.346 e. The van der Waals surface area contributed by atoms with Crippen molar-refractivity contribution in [2.24, 2.45) is 0 Å². The molecule has 1 fully saturated rings. The van der Waals surface area contributed by atoms with Gasteiger partial charge < -0.3 is 15.5 Å². The van der Waals surface area contributed by atoms with E-state index in [0.29, 0.717) is 12.2 Å². The summed E-state index contributed by atoms with van der Waals surface area (Å²) in [6.07, 6.45) is 0. The summed E-state index contributed by atoms with van der Waals surface area (Å²) >= 11 is 0. The van der Waals surface area contributed by atoms with E-state index >= 15 is 0 Å². The number of nitrogens with zero attached hydrogens (tertiary/aromatic N) is 2. The number of aryl methyl sites for hydroxylation is 3. The summed E-state index contributed by atoms with van der Waals surface area (Å²) in [5.74, 6) is -1.24. The maximum Gasteiger partial charge on any atom is 0.313 e. The van der Waals surface area contributed by atoms with Crippen molar-refractivity contribution < 1.29 is 9.59 Å². The Morgan fingerprint density at radius 3 is 2.20 bits per heavy atom. The highest BCUT2D eigenvalue weighted by Gasteiger charge is 2.25. The first-order valence-corrected chi connectivity index (χ1v) is 10.5. The SMILES string of the molecule is Cc1ccc([C@@H](CNC(=O)C(=O)Nc2cc(C)ccc2C)N2CCN(C)CC2)cc1. The van der Waals surface area contributed by atoms with Crippen LogP contribution in [0.15, 0.2) is 42.5 Å². The van der Waals surface area contributed by atoms with Crippen LogP contribution < -0.4 is 10.6 Å². The Labute approximate surface area is 179 Å². The molecule has 160 valence electrons. The molecule has 3 rings (SSSR count). The second kappa shape index (κ2) is 9.87. The molecule has 6 heteroatoms. The van der Waals surface area contributed by atoms with E-state index in [0.717, 1.165) is 42.9 Å². The van der Waals surface area contributed by atoms with E-state index in [1.165, 1.54) is 5.56 Å². The Balaban J connectivity index is 1.66. The van der Waals surface area contributed by atoms with Gasteiger partial charge in [0, 0.05) is 38.4 Å². The summed E-state index contributed by atoms with van der Waals surface area (Å²) in [5.41, 5.74) is 4.99. The van der Waals surface area contributed by atoms with Crippen LogP contribution in [0.3, 0.4) is 0 Å². The van der Waals surface area contributed by atoms with Crippen LogP contribution in [0.1, 0.15) is 28.3 Å². The van der Waals surface area contributed by atoms with Crippen molar-refractivity contribution in [3.05, 3.63) is 64.7 Å². The first-order valence-electron chi connectivity index (χ1n) is 10.5. The van der Waals surface area contributed by atoms with Crippen molar-refractivity contribution in [1.82, 2.24) is 15.1 Å². The molecule has 2 amide bonds. The van der Waals surface area contributed by atoms with Crippen LogP contribution in [-0.4, -0.2) is 61.4 Å². The fraction of sp³-hybridized carbons (Fsp3) is 0.417. The molecule has 0 unspecified atom stereocenters. The van der Waals surface area contributed by atoms with E-state index < -0.39 is 11.8 Å². The lowest BCUT2D eigenvalue weighted by atomic mass is 10.0. The van der Waals surface area contributed by atoms with Gasteiger partial charge in [0.25, 0.3) is 0 Å². The Morgan fingerprint density at radius 2 is 1.53 bits per heavy atom. The average molecular weight is 409 g/mol. The molecule has 0 saturated carbocycles. The topological polar surface area (TPSA) is 64.7 Å². The highest BCUT2D eigenvalue weighted by molar-refractivity contribution is 6.39. The van der Waals surface area contributed by atoms with Crippen LogP contribution in [-0.2, 0) is 9.59 Å². The summed E-state index contributed by atoms with van der Waals surface area (Å²) in [6, 6.07) is 14.2. The quantitative estimate of drug-likeness (QED) is 0.747. The number of piperazine rings is 1. The fourth-order valence-corrected chi connectivity index (χ4v) is 3.70. The third-order valence-electron chi connectivity index (χ3n) is 5.74. The second-order valence-corrected chi connectivity index (χ2v) is 8.25. The Morgan fingerprint density at radius 1 is 0.900 bits per heavy atom. The lowest BCUT2D eigenvalue weighted by Gasteiger charge is -2.38. The molecular formula is C24H32N4O2. The second-order valence-electron chi connectivity index (χ2n) is 8.25. The molecule has 6 nitrogen and oxygen atoms in total. The number of nitrogens with one attached hydrogen (secondary N) is 2. The van der Waals surface area contributed by atoms with Gasteiger partial charge in [-0.3, -0.25) is 14.5 Å². The van der Waals surface area contributed by atoms with Gasteiger partial charge in [-0.1, -0.05) is 42.0 Å². The van der Waals surface area contributed by atoms with Gasteiger partial charge >= 0.3 is 11.8 Å². The minimum Gasteiger partial charge on any atom is -0.346 e. The minimum atomic E-state index is -0.635. The molecule has 30 heavy (non-hydrogen) atoms. The zero-order valence-electron chi connectivity index (χ0n) is 18.4. The monoisotopic (exact) mass is 408 g/mol. The molecule has 0 spiro atoms. The van der Waals surface area contributed by atoms with Gasteiger partial charge in [-0.2, -0.15) is 0 Å². The van der Waals surface area contributed by atoms with E-state index in [2.05, 4.69) is 58.7 Å². The van der Waals surface area contributed by atoms with Gasteiger partial charge in [0.15, 0.2) is 0 Å². The van der Waals surface area contributed by atoms with Gasteiger partial charge in [0.1, 0.15) is 0 Å². The number of anilines is 1. The third-order valence-corrected chi connectivity index (χ3v) is 5.74. The van der Waals surface area contributed by atoms with Gasteiger partial charge in [0.2, 0.25) is 0 Å². The van der Waals surface area contributed by atoms with Gasteiger partial charge in [-0.15, -0.1) is 0 Å². The lowest BCUT2D eigenvalue weighted by molar-refractivity contribution is -0.136. The van der Waals surface area contributed by atoms with E-state index in [9.17, 15) is 9.59 Å². The molecule has 2 aromatic carbocycles. The summed E-state index contributed by atoms with van der Waals surface area (Å²) in [5, 5.41) is 5.59. The number of likely N-dealkylation sites (N-methyl/N-ethyl adjacent to an activating group) is 1. The van der Waals surface area contributed by atoms with Crippen molar-refractivity contribution in [3.8, 4) is 0 Å². The number of rotatable bonds is 5. The van der Waals surface area contributed by atoms with E-state index in [-0.39, 0.29) is 6.04 Å². The van der Waals surface area contributed by atoms with Crippen LogP contribution in [0.4, 0.5) is 5.69 Å². The molecule has 0 radical (unpaired) electrons. The van der Waals surface area contributed by atoms with Gasteiger partial charge in [-0.25, -0.2) is 0 Å². The average Bonchev–Trinajstić information content (AvgIpc) is 2.73. The van der Waals surface area contributed by atoms with Crippen molar-refractivity contribution in [1.29, 1.82) is 0 Å². The minimum absolute atomic E-state index is 0.0387. The smallest absolute Gasteiger partial charge is 0.313 e. The highest BCUT2D eigenvalue weighted by atomic mass is 16.2. The number of hydrogen-bond donors (Lipinski definition) is 2. The molecule has 0 aliphatic carbocycles. The van der Waals surface area contributed by atoms with Crippen molar-refractivity contribution in [2.45, 2.75) is 26.8 Å².